The van der Waals surface area contributed by atoms with E-state index in [-0.39, 0.29) is 5.92 Å². The van der Waals surface area contributed by atoms with Gasteiger partial charge in [-0.3, -0.25) is 9.69 Å². The van der Waals surface area contributed by atoms with Crippen molar-refractivity contribution in [3.8, 4) is 0 Å². The first kappa shape index (κ1) is 13.3. The molecule has 1 fully saturated rings. The zero-order chi connectivity index (χ0) is 13.0. The number of rotatable bonds is 4. The Balaban J connectivity index is 1.95. The first-order chi connectivity index (χ1) is 8.69. The summed E-state index contributed by atoms with van der Waals surface area (Å²) in [5, 5.41) is 0. The zero-order valence-electron chi connectivity index (χ0n) is 11.5. The molecule has 0 aromatic heterocycles. The predicted octanol–water partition coefficient (Wildman–Crippen LogP) is 3.19. The van der Waals surface area contributed by atoms with Gasteiger partial charge in [0.15, 0.2) is 0 Å². The van der Waals surface area contributed by atoms with Crippen LogP contribution in [0.4, 0.5) is 0 Å². The fourth-order valence-corrected chi connectivity index (χ4v) is 2.82. The monoisotopic (exact) mass is 245 g/mol. The first-order valence-electron chi connectivity index (χ1n) is 6.99. The van der Waals surface area contributed by atoms with Gasteiger partial charge in [0.1, 0.15) is 5.78 Å². The van der Waals surface area contributed by atoms with Crippen LogP contribution in [0.5, 0.6) is 0 Å². The number of hydrogen-bond acceptors (Lipinski definition) is 2. The molecule has 1 heterocycles. The minimum Gasteiger partial charge on any atom is -0.299 e. The van der Waals surface area contributed by atoms with Crippen molar-refractivity contribution in [3.05, 3.63) is 35.4 Å². The lowest BCUT2D eigenvalue weighted by molar-refractivity contribution is -0.124. The molecule has 2 nitrogen and oxygen atoms in total. The van der Waals surface area contributed by atoms with Gasteiger partial charge in [-0.15, -0.1) is 0 Å². The van der Waals surface area contributed by atoms with E-state index >= 15 is 0 Å². The van der Waals surface area contributed by atoms with E-state index in [1.807, 2.05) is 6.92 Å². The van der Waals surface area contributed by atoms with Crippen LogP contribution in [0, 0.1) is 12.8 Å². The molecule has 0 bridgehead atoms. The second-order valence-electron chi connectivity index (χ2n) is 5.38. The van der Waals surface area contributed by atoms with E-state index in [0.29, 0.717) is 12.2 Å². The standard InChI is InChI=1S/C16H23NO/c1-3-16(18)15-8-5-9-17(12-15)11-14-7-4-6-13(2)10-14/h4,6-7,10,15H,3,5,8-9,11-12H2,1-2H3. The number of nitrogens with zero attached hydrogens (tertiary/aromatic N) is 1. The van der Waals surface area contributed by atoms with Gasteiger partial charge in [-0.25, -0.2) is 0 Å². The van der Waals surface area contributed by atoms with Crippen LogP contribution in [-0.4, -0.2) is 23.8 Å². The highest BCUT2D eigenvalue weighted by Gasteiger charge is 2.24. The summed E-state index contributed by atoms with van der Waals surface area (Å²) in [6, 6.07) is 8.66. The van der Waals surface area contributed by atoms with E-state index in [1.165, 1.54) is 11.1 Å². The molecule has 1 aliphatic rings. The summed E-state index contributed by atoms with van der Waals surface area (Å²) in [6.45, 7) is 7.15. The summed E-state index contributed by atoms with van der Waals surface area (Å²) in [7, 11) is 0. The number of Topliss-reactive ketones (excluding diaryl/α,β-unsaturated/α-hetero) is 1. The van der Waals surface area contributed by atoms with Gasteiger partial charge in [0.25, 0.3) is 0 Å². The van der Waals surface area contributed by atoms with Gasteiger partial charge in [-0.1, -0.05) is 36.8 Å². The van der Waals surface area contributed by atoms with E-state index in [2.05, 4.69) is 36.1 Å². The van der Waals surface area contributed by atoms with Crippen LogP contribution in [0.1, 0.15) is 37.3 Å². The quantitative estimate of drug-likeness (QED) is 0.812. The summed E-state index contributed by atoms with van der Waals surface area (Å²) in [4.78, 5) is 14.2. The third-order valence-corrected chi connectivity index (χ3v) is 3.80. The minimum absolute atomic E-state index is 0.272. The highest BCUT2D eigenvalue weighted by atomic mass is 16.1. The Morgan fingerprint density at radius 1 is 1.44 bits per heavy atom. The van der Waals surface area contributed by atoms with Crippen molar-refractivity contribution in [2.45, 2.75) is 39.7 Å². The molecule has 2 heteroatoms. The van der Waals surface area contributed by atoms with Gasteiger partial charge in [-0.05, 0) is 31.9 Å². The fourth-order valence-electron chi connectivity index (χ4n) is 2.82. The zero-order valence-corrected chi connectivity index (χ0v) is 11.5. The van der Waals surface area contributed by atoms with Crippen LogP contribution in [0.15, 0.2) is 24.3 Å². The lowest BCUT2D eigenvalue weighted by Gasteiger charge is -2.31. The van der Waals surface area contributed by atoms with Crippen molar-refractivity contribution in [1.29, 1.82) is 0 Å². The number of hydrogen-bond donors (Lipinski definition) is 0. The third kappa shape index (κ3) is 3.42. The van der Waals surface area contributed by atoms with Gasteiger partial charge in [0, 0.05) is 25.4 Å². The SMILES string of the molecule is CCC(=O)C1CCCN(Cc2cccc(C)c2)C1. The van der Waals surface area contributed by atoms with Crippen molar-refractivity contribution < 1.29 is 4.79 Å². The van der Waals surface area contributed by atoms with Gasteiger partial charge in [0.05, 0.1) is 0 Å². The van der Waals surface area contributed by atoms with Crippen LogP contribution in [0.25, 0.3) is 0 Å². The Labute approximate surface area is 110 Å². The van der Waals surface area contributed by atoms with E-state index < -0.39 is 0 Å². The number of carbonyl (C=O) groups excluding carboxylic acids is 1. The third-order valence-electron chi connectivity index (χ3n) is 3.80. The van der Waals surface area contributed by atoms with E-state index in [9.17, 15) is 4.79 Å². The molecule has 0 spiro atoms. The Hall–Kier alpha value is -1.15. The van der Waals surface area contributed by atoms with Crippen LogP contribution in [-0.2, 0) is 11.3 Å². The lowest BCUT2D eigenvalue weighted by Crippen LogP contribution is -2.38. The van der Waals surface area contributed by atoms with E-state index in [0.717, 1.165) is 32.5 Å². The van der Waals surface area contributed by atoms with Crippen LogP contribution < -0.4 is 0 Å². The van der Waals surface area contributed by atoms with Crippen molar-refractivity contribution in [2.75, 3.05) is 13.1 Å². The molecule has 1 aromatic carbocycles. The average molecular weight is 245 g/mol. The topological polar surface area (TPSA) is 20.3 Å². The maximum absolute atomic E-state index is 11.8. The number of likely N-dealkylation sites (tertiary alicyclic amines) is 1. The van der Waals surface area contributed by atoms with Gasteiger partial charge in [-0.2, -0.15) is 0 Å². The molecule has 1 aliphatic heterocycles. The number of piperidine rings is 1. The summed E-state index contributed by atoms with van der Waals surface area (Å²) in [6.07, 6.45) is 2.92. The van der Waals surface area contributed by atoms with Crippen LogP contribution >= 0.6 is 0 Å². The Morgan fingerprint density at radius 2 is 2.28 bits per heavy atom. The summed E-state index contributed by atoms with van der Waals surface area (Å²) >= 11 is 0. The molecule has 2 rings (SSSR count). The number of carbonyl (C=O) groups is 1. The number of aryl methyl sites for hydroxylation is 1. The van der Waals surface area contributed by atoms with Crippen LogP contribution in [0.3, 0.4) is 0 Å². The molecule has 1 unspecified atom stereocenters. The molecule has 0 saturated carbocycles. The molecule has 0 radical (unpaired) electrons. The molecule has 1 saturated heterocycles. The highest BCUT2D eigenvalue weighted by Crippen LogP contribution is 2.20. The van der Waals surface area contributed by atoms with Crippen molar-refractivity contribution in [3.63, 3.8) is 0 Å². The second-order valence-corrected chi connectivity index (χ2v) is 5.38. The molecule has 1 aromatic rings. The highest BCUT2D eigenvalue weighted by molar-refractivity contribution is 5.80. The summed E-state index contributed by atoms with van der Waals surface area (Å²) in [5.74, 6) is 0.706. The smallest absolute Gasteiger partial charge is 0.136 e. The summed E-state index contributed by atoms with van der Waals surface area (Å²) < 4.78 is 0. The first-order valence-corrected chi connectivity index (χ1v) is 6.99. The molecule has 98 valence electrons. The Bertz CT molecular complexity index is 413. The van der Waals surface area contributed by atoms with Crippen molar-refractivity contribution in [2.24, 2.45) is 5.92 Å². The maximum Gasteiger partial charge on any atom is 0.136 e. The van der Waals surface area contributed by atoms with Gasteiger partial charge >= 0.3 is 0 Å². The van der Waals surface area contributed by atoms with Crippen molar-refractivity contribution >= 4 is 5.78 Å². The largest absolute Gasteiger partial charge is 0.299 e. The molecule has 18 heavy (non-hydrogen) atoms. The Morgan fingerprint density at radius 3 is 3.00 bits per heavy atom. The molecular weight excluding hydrogens is 222 g/mol. The molecule has 0 aliphatic carbocycles. The number of ketones is 1. The predicted molar refractivity (Wildman–Crippen MR) is 74.5 cm³/mol. The molecule has 1 atom stereocenters. The van der Waals surface area contributed by atoms with Gasteiger partial charge < -0.3 is 0 Å². The normalized spacial score (nSPS) is 20.9. The summed E-state index contributed by atoms with van der Waals surface area (Å²) in [5.41, 5.74) is 2.67. The average Bonchev–Trinajstić information content (AvgIpc) is 2.38. The lowest BCUT2D eigenvalue weighted by atomic mass is 9.92. The molecule has 0 N–H and O–H groups in total. The van der Waals surface area contributed by atoms with E-state index in [4.69, 9.17) is 0 Å². The van der Waals surface area contributed by atoms with Crippen LogP contribution in [0.2, 0.25) is 0 Å². The fraction of sp³-hybridized carbons (Fsp3) is 0.562. The number of benzene rings is 1. The minimum atomic E-state index is 0.272. The Kier molecular flexibility index (Phi) is 4.54. The van der Waals surface area contributed by atoms with Gasteiger partial charge in [0.2, 0.25) is 0 Å². The second kappa shape index (κ2) is 6.14. The van der Waals surface area contributed by atoms with E-state index in [1.54, 1.807) is 0 Å². The van der Waals surface area contributed by atoms with Crippen molar-refractivity contribution in [1.82, 2.24) is 4.90 Å². The molecular formula is C16H23NO. The molecule has 0 amide bonds. The maximum atomic E-state index is 11.8.